The highest BCUT2D eigenvalue weighted by atomic mass is 16.5. The number of allylic oxidation sites excluding steroid dienone is 1. The van der Waals surface area contributed by atoms with Gasteiger partial charge in [-0.3, -0.25) is 0 Å². The van der Waals surface area contributed by atoms with Crippen LogP contribution in [0.15, 0.2) is 29.8 Å². The summed E-state index contributed by atoms with van der Waals surface area (Å²) in [5, 5.41) is 9.53. The van der Waals surface area contributed by atoms with E-state index in [4.69, 9.17) is 9.47 Å². The zero-order valence-electron chi connectivity index (χ0n) is 12.7. The van der Waals surface area contributed by atoms with E-state index in [9.17, 15) is 9.90 Å². The molecule has 4 heteroatoms. The third-order valence-electron chi connectivity index (χ3n) is 3.08. The van der Waals surface area contributed by atoms with Crippen molar-refractivity contribution in [3.63, 3.8) is 0 Å². The van der Waals surface area contributed by atoms with E-state index in [0.717, 1.165) is 11.1 Å². The highest BCUT2D eigenvalue weighted by molar-refractivity contribution is 5.85. The number of ether oxygens (including phenoxy) is 2. The van der Waals surface area contributed by atoms with Crippen LogP contribution < -0.4 is 4.74 Å². The van der Waals surface area contributed by atoms with Crippen LogP contribution in [0.2, 0.25) is 0 Å². The molecule has 110 valence electrons. The van der Waals surface area contributed by atoms with Crippen LogP contribution in [-0.4, -0.2) is 24.8 Å². The van der Waals surface area contributed by atoms with Crippen molar-refractivity contribution >= 4 is 5.97 Å². The maximum atomic E-state index is 11.8. The van der Waals surface area contributed by atoms with E-state index >= 15 is 0 Å². The van der Waals surface area contributed by atoms with Crippen LogP contribution in [0.25, 0.3) is 0 Å². The predicted molar refractivity (Wildman–Crippen MR) is 77.7 cm³/mol. The summed E-state index contributed by atoms with van der Waals surface area (Å²) in [4.78, 5) is 11.8. The van der Waals surface area contributed by atoms with Crippen LogP contribution in [-0.2, 0) is 15.1 Å². The van der Waals surface area contributed by atoms with Crippen molar-refractivity contribution < 1.29 is 19.4 Å². The highest BCUT2D eigenvalue weighted by Gasteiger charge is 2.29. The Labute approximate surface area is 120 Å². The first-order chi connectivity index (χ1) is 9.32. The van der Waals surface area contributed by atoms with E-state index in [2.05, 4.69) is 0 Å². The lowest BCUT2D eigenvalue weighted by Gasteiger charge is -2.28. The number of aliphatic hydroxyl groups is 1. The van der Waals surface area contributed by atoms with Gasteiger partial charge in [-0.05, 0) is 39.3 Å². The number of aryl methyl sites for hydroxylation is 1. The fraction of sp³-hybridized carbons (Fsp3) is 0.438. The number of aliphatic hydroxyl groups excluding tert-OH is 1. The molecular weight excluding hydrogens is 256 g/mol. The first-order valence-corrected chi connectivity index (χ1v) is 6.46. The topological polar surface area (TPSA) is 55.8 Å². The average Bonchev–Trinajstić information content (AvgIpc) is 2.37. The Morgan fingerprint density at radius 1 is 1.40 bits per heavy atom. The lowest BCUT2D eigenvalue weighted by atomic mass is 9.94. The summed E-state index contributed by atoms with van der Waals surface area (Å²) in [6.07, 6.45) is 1.43. The Balaban J connectivity index is 3.21. The molecule has 20 heavy (non-hydrogen) atoms. The minimum Gasteiger partial charge on any atom is -0.423 e. The Morgan fingerprint density at radius 3 is 2.55 bits per heavy atom. The molecule has 1 aromatic rings. The number of carbonyl (C=O) groups is 1. The summed E-state index contributed by atoms with van der Waals surface area (Å²) in [5.74, 6) is -0.0286. The van der Waals surface area contributed by atoms with Gasteiger partial charge >= 0.3 is 5.97 Å². The molecule has 1 N–H and O–H groups in total. The van der Waals surface area contributed by atoms with E-state index in [0.29, 0.717) is 11.3 Å². The molecule has 0 fully saturated rings. The molecule has 0 saturated heterocycles. The largest absolute Gasteiger partial charge is 0.423 e. The Bertz CT molecular complexity index is 509. The molecule has 0 radical (unpaired) electrons. The molecule has 0 spiro atoms. The number of rotatable bonds is 5. The van der Waals surface area contributed by atoms with Crippen LogP contribution >= 0.6 is 0 Å². The van der Waals surface area contributed by atoms with Gasteiger partial charge < -0.3 is 14.6 Å². The second kappa shape index (κ2) is 6.68. The van der Waals surface area contributed by atoms with Gasteiger partial charge in [0.2, 0.25) is 0 Å². The summed E-state index contributed by atoms with van der Waals surface area (Å²) in [6, 6.07) is 5.46. The van der Waals surface area contributed by atoms with Crippen molar-refractivity contribution in [1.29, 1.82) is 0 Å². The van der Waals surface area contributed by atoms with Crippen molar-refractivity contribution in [2.45, 2.75) is 33.3 Å². The van der Waals surface area contributed by atoms with Crippen LogP contribution in [0.3, 0.4) is 0 Å². The molecule has 1 unspecified atom stereocenters. The van der Waals surface area contributed by atoms with Crippen molar-refractivity contribution in [1.82, 2.24) is 0 Å². The maximum Gasteiger partial charge on any atom is 0.336 e. The number of methoxy groups -OCH3 is 1. The van der Waals surface area contributed by atoms with E-state index in [-0.39, 0.29) is 6.61 Å². The Morgan fingerprint density at radius 2 is 2.05 bits per heavy atom. The standard InChI is InChI=1S/C16H22O4/c1-11(2)8-15(18)20-14-9-12(3)6-7-13(14)16(4,10-17)19-5/h6-9,17H,10H2,1-5H3. The maximum absolute atomic E-state index is 11.8. The molecule has 0 bridgehead atoms. The fourth-order valence-electron chi connectivity index (χ4n) is 1.78. The minimum absolute atomic E-state index is 0.209. The van der Waals surface area contributed by atoms with Gasteiger partial charge in [0.15, 0.2) is 0 Å². The summed E-state index contributed by atoms with van der Waals surface area (Å²) in [6.45, 7) is 7.09. The summed E-state index contributed by atoms with van der Waals surface area (Å²) in [5.41, 5.74) is 1.56. The van der Waals surface area contributed by atoms with Gasteiger partial charge in [-0.1, -0.05) is 17.7 Å². The number of carbonyl (C=O) groups excluding carboxylic acids is 1. The number of esters is 1. The highest BCUT2D eigenvalue weighted by Crippen LogP contribution is 2.33. The normalized spacial score (nSPS) is 13.5. The summed E-state index contributed by atoms with van der Waals surface area (Å²) in [7, 11) is 1.51. The van der Waals surface area contributed by atoms with Gasteiger partial charge in [-0.15, -0.1) is 0 Å². The van der Waals surface area contributed by atoms with Crippen LogP contribution in [0.5, 0.6) is 5.75 Å². The second-order valence-corrected chi connectivity index (χ2v) is 5.24. The summed E-state index contributed by atoms with van der Waals surface area (Å²) >= 11 is 0. The number of hydrogen-bond acceptors (Lipinski definition) is 4. The van der Waals surface area contributed by atoms with Gasteiger partial charge in [-0.2, -0.15) is 0 Å². The fourth-order valence-corrected chi connectivity index (χ4v) is 1.78. The zero-order chi connectivity index (χ0) is 15.3. The molecule has 1 atom stereocenters. The first-order valence-electron chi connectivity index (χ1n) is 6.46. The summed E-state index contributed by atoms with van der Waals surface area (Å²) < 4.78 is 10.7. The van der Waals surface area contributed by atoms with E-state index in [1.807, 2.05) is 26.8 Å². The molecular formula is C16H22O4. The molecule has 0 heterocycles. The Hall–Kier alpha value is -1.65. The van der Waals surface area contributed by atoms with Crippen LogP contribution in [0.4, 0.5) is 0 Å². The molecule has 0 saturated carbocycles. The lowest BCUT2D eigenvalue weighted by Crippen LogP contribution is -2.30. The lowest BCUT2D eigenvalue weighted by molar-refractivity contribution is -0.129. The third kappa shape index (κ3) is 3.92. The van der Waals surface area contributed by atoms with Gasteiger partial charge in [0.25, 0.3) is 0 Å². The van der Waals surface area contributed by atoms with Gasteiger partial charge in [0.1, 0.15) is 11.4 Å². The van der Waals surface area contributed by atoms with Crippen molar-refractivity contribution in [2.75, 3.05) is 13.7 Å². The van der Waals surface area contributed by atoms with Crippen LogP contribution in [0.1, 0.15) is 31.9 Å². The molecule has 0 aromatic heterocycles. The van der Waals surface area contributed by atoms with Crippen molar-refractivity contribution in [2.24, 2.45) is 0 Å². The molecule has 0 amide bonds. The number of benzene rings is 1. The molecule has 0 aliphatic rings. The molecule has 1 aromatic carbocycles. The SMILES string of the molecule is COC(C)(CO)c1ccc(C)cc1OC(=O)C=C(C)C. The van der Waals surface area contributed by atoms with E-state index in [1.54, 1.807) is 19.1 Å². The minimum atomic E-state index is -0.908. The third-order valence-corrected chi connectivity index (χ3v) is 3.08. The quantitative estimate of drug-likeness (QED) is 0.511. The smallest absolute Gasteiger partial charge is 0.336 e. The predicted octanol–water partition coefficient (Wildman–Crippen LogP) is 2.72. The zero-order valence-corrected chi connectivity index (χ0v) is 12.7. The Kier molecular flexibility index (Phi) is 5.48. The molecule has 1 rings (SSSR count). The average molecular weight is 278 g/mol. The molecule has 0 aliphatic carbocycles. The molecule has 0 aliphatic heterocycles. The van der Waals surface area contributed by atoms with Gasteiger partial charge in [-0.25, -0.2) is 4.79 Å². The van der Waals surface area contributed by atoms with Crippen molar-refractivity contribution in [3.05, 3.63) is 41.0 Å². The monoisotopic (exact) mass is 278 g/mol. The van der Waals surface area contributed by atoms with Gasteiger partial charge in [0, 0.05) is 18.7 Å². The van der Waals surface area contributed by atoms with E-state index < -0.39 is 11.6 Å². The van der Waals surface area contributed by atoms with Gasteiger partial charge in [0.05, 0.1) is 6.61 Å². The van der Waals surface area contributed by atoms with E-state index in [1.165, 1.54) is 13.2 Å². The van der Waals surface area contributed by atoms with Crippen molar-refractivity contribution in [3.8, 4) is 5.75 Å². The first kappa shape index (κ1) is 16.4. The number of hydrogen-bond donors (Lipinski definition) is 1. The molecule has 4 nitrogen and oxygen atoms in total. The van der Waals surface area contributed by atoms with Crippen LogP contribution in [0, 0.1) is 6.92 Å². The second-order valence-electron chi connectivity index (χ2n) is 5.24.